The first kappa shape index (κ1) is 16.2. The molecule has 116 valence electrons. The molecule has 22 heavy (non-hydrogen) atoms. The summed E-state index contributed by atoms with van der Waals surface area (Å²) >= 11 is 0. The second kappa shape index (κ2) is 6.73. The van der Waals surface area contributed by atoms with Crippen molar-refractivity contribution in [2.24, 2.45) is 0 Å². The van der Waals surface area contributed by atoms with E-state index in [-0.39, 0.29) is 0 Å². The molecule has 0 radical (unpaired) electrons. The molecule has 4 heteroatoms. The van der Waals surface area contributed by atoms with Crippen LogP contribution in [0.25, 0.3) is 0 Å². The number of hydrazine groups is 1. The Labute approximate surface area is 131 Å². The SMILES string of the molecule is CCNNC(=O)C(O)(c1ccc(C)cc1)c1ccc(C)cc1. The van der Waals surface area contributed by atoms with E-state index >= 15 is 0 Å². The van der Waals surface area contributed by atoms with E-state index in [1.165, 1.54) is 0 Å². The number of benzene rings is 2. The van der Waals surface area contributed by atoms with Crippen molar-refractivity contribution in [1.82, 2.24) is 10.9 Å². The molecule has 0 unspecified atom stereocenters. The molecule has 0 fully saturated rings. The van der Waals surface area contributed by atoms with Gasteiger partial charge in [-0.25, -0.2) is 5.43 Å². The van der Waals surface area contributed by atoms with Crippen LogP contribution >= 0.6 is 0 Å². The topological polar surface area (TPSA) is 61.4 Å². The van der Waals surface area contributed by atoms with Crippen molar-refractivity contribution in [3.05, 3.63) is 70.8 Å². The highest BCUT2D eigenvalue weighted by atomic mass is 16.3. The number of hydrogen-bond acceptors (Lipinski definition) is 3. The highest BCUT2D eigenvalue weighted by Crippen LogP contribution is 2.30. The van der Waals surface area contributed by atoms with E-state index in [9.17, 15) is 9.90 Å². The van der Waals surface area contributed by atoms with E-state index in [0.29, 0.717) is 17.7 Å². The van der Waals surface area contributed by atoms with Gasteiger partial charge in [-0.2, -0.15) is 0 Å². The van der Waals surface area contributed by atoms with Gasteiger partial charge in [0.15, 0.2) is 5.60 Å². The van der Waals surface area contributed by atoms with Crippen LogP contribution in [-0.4, -0.2) is 17.6 Å². The number of hydrogen-bond donors (Lipinski definition) is 3. The maximum atomic E-state index is 12.6. The quantitative estimate of drug-likeness (QED) is 0.742. The molecule has 0 aliphatic heterocycles. The Morgan fingerprint density at radius 2 is 1.36 bits per heavy atom. The van der Waals surface area contributed by atoms with Crippen LogP contribution < -0.4 is 10.9 Å². The number of aryl methyl sites for hydroxylation is 2. The second-order valence-corrected chi connectivity index (χ2v) is 5.43. The molecule has 0 bridgehead atoms. The predicted octanol–water partition coefficient (Wildman–Crippen LogP) is 2.18. The first-order valence-corrected chi connectivity index (χ1v) is 7.38. The maximum absolute atomic E-state index is 12.6. The Morgan fingerprint density at radius 1 is 0.955 bits per heavy atom. The molecular weight excluding hydrogens is 276 g/mol. The molecule has 0 aliphatic rings. The lowest BCUT2D eigenvalue weighted by Gasteiger charge is -2.28. The van der Waals surface area contributed by atoms with Crippen LogP contribution in [0.3, 0.4) is 0 Å². The van der Waals surface area contributed by atoms with Gasteiger partial charge in [-0.05, 0) is 25.0 Å². The van der Waals surface area contributed by atoms with Gasteiger partial charge in [0.2, 0.25) is 0 Å². The van der Waals surface area contributed by atoms with Crippen molar-refractivity contribution < 1.29 is 9.90 Å². The summed E-state index contributed by atoms with van der Waals surface area (Å²) in [5.74, 6) is -0.498. The van der Waals surface area contributed by atoms with Crippen LogP contribution in [0.4, 0.5) is 0 Å². The van der Waals surface area contributed by atoms with E-state index in [1.807, 2.05) is 45.0 Å². The zero-order chi connectivity index (χ0) is 16.2. The third kappa shape index (κ3) is 3.18. The molecule has 0 aliphatic carbocycles. The van der Waals surface area contributed by atoms with Crippen LogP contribution in [0.5, 0.6) is 0 Å². The number of carbonyl (C=O) groups is 1. The molecule has 3 N–H and O–H groups in total. The van der Waals surface area contributed by atoms with Gasteiger partial charge in [-0.3, -0.25) is 10.2 Å². The van der Waals surface area contributed by atoms with Crippen molar-refractivity contribution in [3.8, 4) is 0 Å². The molecule has 0 saturated carbocycles. The molecule has 0 spiro atoms. The Morgan fingerprint density at radius 3 is 1.73 bits per heavy atom. The highest BCUT2D eigenvalue weighted by Gasteiger charge is 2.39. The van der Waals surface area contributed by atoms with Gasteiger partial charge in [0.1, 0.15) is 0 Å². The van der Waals surface area contributed by atoms with Gasteiger partial charge in [-0.15, -0.1) is 0 Å². The van der Waals surface area contributed by atoms with Crippen LogP contribution in [0.1, 0.15) is 29.2 Å². The minimum absolute atomic E-state index is 0.498. The van der Waals surface area contributed by atoms with Crippen LogP contribution in [-0.2, 0) is 10.4 Å². The lowest BCUT2D eigenvalue weighted by atomic mass is 9.85. The number of rotatable bonds is 5. The predicted molar refractivity (Wildman–Crippen MR) is 87.2 cm³/mol. The van der Waals surface area contributed by atoms with Crippen LogP contribution in [0.2, 0.25) is 0 Å². The number of nitrogens with one attached hydrogen (secondary N) is 2. The van der Waals surface area contributed by atoms with Gasteiger partial charge >= 0.3 is 0 Å². The molecule has 2 aromatic carbocycles. The fraction of sp³-hybridized carbons (Fsp3) is 0.278. The zero-order valence-electron chi connectivity index (χ0n) is 13.2. The van der Waals surface area contributed by atoms with Crippen molar-refractivity contribution in [1.29, 1.82) is 0 Å². The third-order valence-electron chi connectivity index (χ3n) is 3.65. The molecule has 2 aromatic rings. The van der Waals surface area contributed by atoms with Crippen molar-refractivity contribution in [3.63, 3.8) is 0 Å². The lowest BCUT2D eigenvalue weighted by Crippen LogP contribution is -2.50. The summed E-state index contributed by atoms with van der Waals surface area (Å²) in [6.45, 7) is 6.38. The van der Waals surface area contributed by atoms with E-state index in [1.54, 1.807) is 24.3 Å². The van der Waals surface area contributed by atoms with E-state index in [2.05, 4.69) is 10.9 Å². The van der Waals surface area contributed by atoms with E-state index < -0.39 is 11.5 Å². The Balaban J connectivity index is 2.50. The average molecular weight is 298 g/mol. The monoisotopic (exact) mass is 298 g/mol. The van der Waals surface area contributed by atoms with Gasteiger partial charge < -0.3 is 5.11 Å². The zero-order valence-corrected chi connectivity index (χ0v) is 13.2. The summed E-state index contributed by atoms with van der Waals surface area (Å²) in [4.78, 5) is 12.6. The first-order chi connectivity index (χ1) is 10.5. The Bertz CT molecular complexity index is 588. The third-order valence-corrected chi connectivity index (χ3v) is 3.65. The van der Waals surface area contributed by atoms with Crippen molar-refractivity contribution in [2.45, 2.75) is 26.4 Å². The normalized spacial score (nSPS) is 11.3. The second-order valence-electron chi connectivity index (χ2n) is 5.43. The van der Waals surface area contributed by atoms with Gasteiger partial charge in [-0.1, -0.05) is 66.6 Å². The van der Waals surface area contributed by atoms with E-state index in [4.69, 9.17) is 0 Å². The van der Waals surface area contributed by atoms with Gasteiger partial charge in [0, 0.05) is 6.54 Å². The minimum Gasteiger partial charge on any atom is -0.372 e. The number of amides is 1. The highest BCUT2D eigenvalue weighted by molar-refractivity contribution is 5.89. The fourth-order valence-electron chi connectivity index (χ4n) is 2.28. The number of carbonyl (C=O) groups excluding carboxylic acids is 1. The van der Waals surface area contributed by atoms with Crippen molar-refractivity contribution in [2.75, 3.05) is 6.54 Å². The van der Waals surface area contributed by atoms with Crippen LogP contribution in [0, 0.1) is 13.8 Å². The standard InChI is InChI=1S/C18H22N2O2/c1-4-19-20-17(21)18(22,15-9-5-13(2)6-10-15)16-11-7-14(3)8-12-16/h5-12,19,22H,4H2,1-3H3,(H,20,21). The molecule has 1 amide bonds. The summed E-state index contributed by atoms with van der Waals surface area (Å²) < 4.78 is 0. The molecule has 4 nitrogen and oxygen atoms in total. The summed E-state index contributed by atoms with van der Waals surface area (Å²) in [6, 6.07) is 14.6. The Hall–Kier alpha value is -2.17. The molecule has 0 saturated heterocycles. The van der Waals surface area contributed by atoms with E-state index in [0.717, 1.165) is 11.1 Å². The molecule has 2 rings (SSSR count). The summed E-state index contributed by atoms with van der Waals surface area (Å²) in [7, 11) is 0. The smallest absolute Gasteiger partial charge is 0.275 e. The molecule has 0 aromatic heterocycles. The van der Waals surface area contributed by atoms with Crippen molar-refractivity contribution >= 4 is 5.91 Å². The minimum atomic E-state index is -1.73. The maximum Gasteiger partial charge on any atom is 0.275 e. The number of aliphatic hydroxyl groups is 1. The summed E-state index contributed by atoms with van der Waals surface area (Å²) in [5, 5.41) is 11.2. The van der Waals surface area contributed by atoms with Gasteiger partial charge in [0.05, 0.1) is 0 Å². The molecule has 0 heterocycles. The lowest BCUT2D eigenvalue weighted by molar-refractivity contribution is -0.137. The molecular formula is C18H22N2O2. The first-order valence-electron chi connectivity index (χ1n) is 7.38. The van der Waals surface area contributed by atoms with Crippen LogP contribution in [0.15, 0.2) is 48.5 Å². The fourth-order valence-corrected chi connectivity index (χ4v) is 2.28. The Kier molecular flexibility index (Phi) is 4.96. The average Bonchev–Trinajstić information content (AvgIpc) is 2.53. The summed E-state index contributed by atoms with van der Waals surface area (Å²) in [6.07, 6.45) is 0. The van der Waals surface area contributed by atoms with Gasteiger partial charge in [0.25, 0.3) is 5.91 Å². The summed E-state index contributed by atoms with van der Waals surface area (Å²) in [5.41, 5.74) is 6.81. The largest absolute Gasteiger partial charge is 0.372 e. The molecule has 0 atom stereocenters.